The maximum absolute atomic E-state index is 2.54. The van der Waals surface area contributed by atoms with E-state index in [1.165, 1.54) is 32.1 Å². The average Bonchev–Trinajstić information content (AvgIpc) is 2.87. The Morgan fingerprint density at radius 2 is 1.41 bits per heavy atom. The molecule has 3 rings (SSSR count). The van der Waals surface area contributed by atoms with Crippen molar-refractivity contribution < 1.29 is 0 Å². The quantitative estimate of drug-likeness (QED) is 0.712. The normalized spacial score (nSPS) is 20.0. The Morgan fingerprint density at radius 3 is 1.82 bits per heavy atom. The van der Waals surface area contributed by atoms with E-state index in [9.17, 15) is 0 Å². The van der Waals surface area contributed by atoms with Crippen LogP contribution >= 0.6 is 0 Å². The summed E-state index contributed by atoms with van der Waals surface area (Å²) in [5.41, 5.74) is 6.67. The fourth-order valence-corrected chi connectivity index (χ4v) is 3.64. The highest BCUT2D eigenvalue weighted by Gasteiger charge is 2.28. The lowest BCUT2D eigenvalue weighted by molar-refractivity contribution is 0.404. The van der Waals surface area contributed by atoms with E-state index in [0.29, 0.717) is 0 Å². The van der Waals surface area contributed by atoms with Crippen LogP contribution < -0.4 is 0 Å². The number of rotatable bonds is 2. The van der Waals surface area contributed by atoms with Crippen LogP contribution in [0.5, 0.6) is 0 Å². The third-order valence-electron chi connectivity index (χ3n) is 5.02. The van der Waals surface area contributed by atoms with Crippen molar-refractivity contribution in [2.24, 2.45) is 17.8 Å². The number of hydrogen-bond donors (Lipinski definition) is 0. The van der Waals surface area contributed by atoms with Crippen LogP contribution in [-0.2, 0) is 25.7 Å². The first-order valence-electron chi connectivity index (χ1n) is 7.31. The van der Waals surface area contributed by atoms with Crippen LogP contribution in [-0.4, -0.2) is 0 Å². The first kappa shape index (κ1) is 11.3. The molecule has 0 fully saturated rings. The molecule has 92 valence electrons. The number of hydrogen-bond acceptors (Lipinski definition) is 0. The third kappa shape index (κ3) is 1.92. The van der Waals surface area contributed by atoms with Gasteiger partial charge in [-0.05, 0) is 65.7 Å². The van der Waals surface area contributed by atoms with Gasteiger partial charge in [-0.25, -0.2) is 0 Å². The molecule has 0 heteroatoms. The third-order valence-corrected chi connectivity index (χ3v) is 5.02. The SMILES string of the molecule is CCC1Cc2cc3c(cc2C1)CC(C(C)C)C3. The molecule has 1 aromatic carbocycles. The van der Waals surface area contributed by atoms with Gasteiger partial charge in [0, 0.05) is 0 Å². The molecule has 0 saturated heterocycles. The van der Waals surface area contributed by atoms with Crippen LogP contribution in [0.25, 0.3) is 0 Å². The maximum atomic E-state index is 2.54. The molecule has 0 unspecified atom stereocenters. The standard InChI is InChI=1S/C17H24/c1-4-12-5-14-9-16-7-13(11(2)3)8-17(16)10-15(14)6-12/h9-13H,4-8H2,1-3H3. The van der Waals surface area contributed by atoms with Gasteiger partial charge in [-0.15, -0.1) is 0 Å². The van der Waals surface area contributed by atoms with E-state index in [-0.39, 0.29) is 0 Å². The fraction of sp³-hybridized carbons (Fsp3) is 0.647. The molecule has 0 aromatic heterocycles. The smallest absolute Gasteiger partial charge is 0.0242 e. The van der Waals surface area contributed by atoms with E-state index in [1.807, 2.05) is 0 Å². The van der Waals surface area contributed by atoms with Crippen molar-refractivity contribution >= 4 is 0 Å². The van der Waals surface area contributed by atoms with Crippen LogP contribution in [0.15, 0.2) is 12.1 Å². The highest BCUT2D eigenvalue weighted by molar-refractivity contribution is 5.44. The summed E-state index contributed by atoms with van der Waals surface area (Å²) in [7, 11) is 0. The molecule has 2 aliphatic rings. The second-order valence-corrected chi connectivity index (χ2v) is 6.48. The number of fused-ring (bicyclic) bond motifs is 2. The van der Waals surface area contributed by atoms with Crippen LogP contribution in [0.2, 0.25) is 0 Å². The molecule has 0 bridgehead atoms. The Labute approximate surface area is 105 Å². The Morgan fingerprint density at radius 1 is 0.941 bits per heavy atom. The monoisotopic (exact) mass is 228 g/mol. The van der Waals surface area contributed by atoms with Crippen LogP contribution in [0.3, 0.4) is 0 Å². The molecule has 0 N–H and O–H groups in total. The van der Waals surface area contributed by atoms with Crippen molar-refractivity contribution in [2.75, 3.05) is 0 Å². The molecule has 0 aliphatic heterocycles. The van der Waals surface area contributed by atoms with Crippen molar-refractivity contribution in [3.05, 3.63) is 34.4 Å². The highest BCUT2D eigenvalue weighted by Crippen LogP contribution is 2.37. The molecule has 0 spiro atoms. The summed E-state index contributed by atoms with van der Waals surface area (Å²) in [5.74, 6) is 2.66. The van der Waals surface area contributed by atoms with Gasteiger partial charge in [-0.1, -0.05) is 39.3 Å². The van der Waals surface area contributed by atoms with Crippen LogP contribution in [0.4, 0.5) is 0 Å². The van der Waals surface area contributed by atoms with Gasteiger partial charge in [0.2, 0.25) is 0 Å². The zero-order valence-electron chi connectivity index (χ0n) is 11.4. The Hall–Kier alpha value is -0.780. The molecule has 0 saturated carbocycles. The Balaban J connectivity index is 1.87. The van der Waals surface area contributed by atoms with E-state index < -0.39 is 0 Å². The minimum absolute atomic E-state index is 0.834. The van der Waals surface area contributed by atoms with Gasteiger partial charge in [0.1, 0.15) is 0 Å². The minimum Gasteiger partial charge on any atom is -0.0651 e. The zero-order chi connectivity index (χ0) is 12.0. The predicted molar refractivity (Wildman–Crippen MR) is 73.4 cm³/mol. The molecule has 0 atom stereocenters. The summed E-state index contributed by atoms with van der Waals surface area (Å²) in [6.07, 6.45) is 6.68. The van der Waals surface area contributed by atoms with Gasteiger partial charge in [-0.3, -0.25) is 0 Å². The van der Waals surface area contributed by atoms with Crippen molar-refractivity contribution in [3.8, 4) is 0 Å². The second kappa shape index (κ2) is 4.15. The van der Waals surface area contributed by atoms with Gasteiger partial charge < -0.3 is 0 Å². The lowest BCUT2D eigenvalue weighted by Gasteiger charge is -2.12. The summed E-state index contributed by atoms with van der Waals surface area (Å²) in [6, 6.07) is 5.09. The predicted octanol–water partition coefficient (Wildman–Crippen LogP) is 4.18. The Kier molecular flexibility index (Phi) is 2.77. The van der Waals surface area contributed by atoms with Gasteiger partial charge in [0.25, 0.3) is 0 Å². The maximum Gasteiger partial charge on any atom is -0.0242 e. The highest BCUT2D eigenvalue weighted by atomic mass is 14.3. The largest absolute Gasteiger partial charge is 0.0651 e. The topological polar surface area (TPSA) is 0 Å². The molecule has 0 amide bonds. The van der Waals surface area contributed by atoms with E-state index in [1.54, 1.807) is 22.3 Å². The Bertz CT molecular complexity index is 393. The summed E-state index contributed by atoms with van der Waals surface area (Å²) in [5, 5.41) is 0. The van der Waals surface area contributed by atoms with E-state index in [0.717, 1.165) is 17.8 Å². The second-order valence-electron chi connectivity index (χ2n) is 6.48. The lowest BCUT2D eigenvalue weighted by Crippen LogP contribution is -2.07. The number of benzene rings is 1. The molecular weight excluding hydrogens is 204 g/mol. The van der Waals surface area contributed by atoms with Crippen LogP contribution in [0, 0.1) is 17.8 Å². The summed E-state index contributed by atoms with van der Waals surface area (Å²) >= 11 is 0. The first-order valence-corrected chi connectivity index (χ1v) is 7.31. The van der Waals surface area contributed by atoms with Crippen molar-refractivity contribution in [2.45, 2.75) is 52.9 Å². The van der Waals surface area contributed by atoms with Crippen molar-refractivity contribution in [1.82, 2.24) is 0 Å². The average molecular weight is 228 g/mol. The van der Waals surface area contributed by atoms with E-state index >= 15 is 0 Å². The summed E-state index contributed by atoms with van der Waals surface area (Å²) in [6.45, 7) is 7.08. The molecule has 2 aliphatic carbocycles. The molecule has 17 heavy (non-hydrogen) atoms. The molecular formula is C17H24. The zero-order valence-corrected chi connectivity index (χ0v) is 11.4. The fourth-order valence-electron chi connectivity index (χ4n) is 3.64. The molecule has 1 aromatic rings. The van der Waals surface area contributed by atoms with Gasteiger partial charge >= 0.3 is 0 Å². The van der Waals surface area contributed by atoms with E-state index in [2.05, 4.69) is 32.9 Å². The van der Waals surface area contributed by atoms with Crippen molar-refractivity contribution in [3.63, 3.8) is 0 Å². The van der Waals surface area contributed by atoms with Gasteiger partial charge in [0.15, 0.2) is 0 Å². The lowest BCUT2D eigenvalue weighted by atomic mass is 9.93. The van der Waals surface area contributed by atoms with Gasteiger partial charge in [0.05, 0.1) is 0 Å². The van der Waals surface area contributed by atoms with Crippen molar-refractivity contribution in [1.29, 1.82) is 0 Å². The summed E-state index contributed by atoms with van der Waals surface area (Å²) < 4.78 is 0. The van der Waals surface area contributed by atoms with Crippen LogP contribution in [0.1, 0.15) is 49.4 Å². The summed E-state index contributed by atoms with van der Waals surface area (Å²) in [4.78, 5) is 0. The molecule has 0 nitrogen and oxygen atoms in total. The first-order chi connectivity index (χ1) is 8.17. The van der Waals surface area contributed by atoms with Gasteiger partial charge in [-0.2, -0.15) is 0 Å². The van der Waals surface area contributed by atoms with E-state index in [4.69, 9.17) is 0 Å². The minimum atomic E-state index is 0.834. The molecule has 0 radical (unpaired) electrons. The molecule has 0 heterocycles.